The van der Waals surface area contributed by atoms with Gasteiger partial charge in [0.1, 0.15) is 0 Å². The van der Waals surface area contributed by atoms with Crippen LogP contribution in [0, 0.1) is 5.92 Å². The summed E-state index contributed by atoms with van der Waals surface area (Å²) in [6.07, 6.45) is 2.92. The molecule has 1 aromatic rings. The van der Waals surface area contributed by atoms with Crippen molar-refractivity contribution in [2.75, 3.05) is 19.6 Å². The molecule has 0 bridgehead atoms. The number of nitrogens with two attached hydrogens (primary N) is 1. The van der Waals surface area contributed by atoms with Crippen molar-refractivity contribution >= 4 is 16.0 Å². The third-order valence-corrected chi connectivity index (χ3v) is 6.00. The number of hydrogen-bond acceptors (Lipinski definition) is 3. The molecule has 0 aliphatic carbocycles. The molecular weight excluding hydrogens is 324 g/mol. The zero-order valence-corrected chi connectivity index (χ0v) is 15.3. The first-order valence-electron chi connectivity index (χ1n) is 8.52. The lowest BCUT2D eigenvalue weighted by Gasteiger charge is -2.15. The van der Waals surface area contributed by atoms with E-state index in [1.54, 1.807) is 28.6 Å². The maximum absolute atomic E-state index is 12.5. The Kier molecular flexibility index (Phi) is 6.62. The van der Waals surface area contributed by atoms with Gasteiger partial charge in [-0.2, -0.15) is 4.31 Å². The third kappa shape index (κ3) is 5.21. The molecule has 2 rings (SSSR count). The molecular formula is C17H28N4O2S. The number of rotatable bonds is 7. The SMILES string of the molecule is CC(C)CCNC(N)=NCc1ccc(S(=O)(=O)N2CCCC2)cc1. The Morgan fingerprint density at radius 3 is 2.46 bits per heavy atom. The molecule has 7 heteroatoms. The summed E-state index contributed by atoms with van der Waals surface area (Å²) in [5.41, 5.74) is 6.76. The van der Waals surface area contributed by atoms with Gasteiger partial charge >= 0.3 is 0 Å². The van der Waals surface area contributed by atoms with E-state index in [1.807, 2.05) is 0 Å². The number of hydrogen-bond donors (Lipinski definition) is 2. The molecule has 0 spiro atoms. The fourth-order valence-corrected chi connectivity index (χ4v) is 4.08. The van der Waals surface area contributed by atoms with E-state index in [0.717, 1.165) is 31.4 Å². The van der Waals surface area contributed by atoms with Crippen LogP contribution in [0.15, 0.2) is 34.2 Å². The largest absolute Gasteiger partial charge is 0.370 e. The Labute approximate surface area is 145 Å². The second-order valence-corrected chi connectivity index (χ2v) is 8.50. The average Bonchev–Trinajstić information content (AvgIpc) is 3.08. The molecule has 1 aliphatic heterocycles. The van der Waals surface area contributed by atoms with Crippen LogP contribution in [0.3, 0.4) is 0 Å². The minimum atomic E-state index is -3.35. The zero-order chi connectivity index (χ0) is 17.6. The Balaban J connectivity index is 1.92. The minimum absolute atomic E-state index is 0.347. The van der Waals surface area contributed by atoms with E-state index in [1.165, 1.54) is 0 Å². The second-order valence-electron chi connectivity index (χ2n) is 6.57. The Hall–Kier alpha value is -1.60. The maximum atomic E-state index is 12.5. The Morgan fingerprint density at radius 2 is 1.88 bits per heavy atom. The first kappa shape index (κ1) is 18.7. The molecule has 0 unspecified atom stereocenters. The van der Waals surface area contributed by atoms with Gasteiger partial charge in [0.25, 0.3) is 0 Å². The minimum Gasteiger partial charge on any atom is -0.370 e. The number of guanidine groups is 1. The van der Waals surface area contributed by atoms with Gasteiger partial charge in [-0.25, -0.2) is 13.4 Å². The summed E-state index contributed by atoms with van der Waals surface area (Å²) < 4.78 is 26.5. The van der Waals surface area contributed by atoms with E-state index in [0.29, 0.717) is 36.4 Å². The molecule has 0 atom stereocenters. The number of aliphatic imine (C=N–C) groups is 1. The van der Waals surface area contributed by atoms with E-state index in [9.17, 15) is 8.42 Å². The highest BCUT2D eigenvalue weighted by atomic mass is 32.2. The van der Waals surface area contributed by atoms with Crippen molar-refractivity contribution < 1.29 is 8.42 Å². The predicted octanol–water partition coefficient (Wildman–Crippen LogP) is 1.92. The van der Waals surface area contributed by atoms with Crippen molar-refractivity contribution in [2.45, 2.75) is 44.6 Å². The van der Waals surface area contributed by atoms with Gasteiger partial charge in [0, 0.05) is 19.6 Å². The van der Waals surface area contributed by atoms with Gasteiger partial charge in [-0.3, -0.25) is 0 Å². The van der Waals surface area contributed by atoms with Gasteiger partial charge in [-0.1, -0.05) is 26.0 Å². The van der Waals surface area contributed by atoms with E-state index >= 15 is 0 Å². The van der Waals surface area contributed by atoms with Crippen LogP contribution in [0.2, 0.25) is 0 Å². The maximum Gasteiger partial charge on any atom is 0.243 e. The molecule has 1 heterocycles. The number of benzene rings is 1. The zero-order valence-electron chi connectivity index (χ0n) is 14.5. The molecule has 0 radical (unpaired) electrons. The Bertz CT molecular complexity index is 648. The molecule has 0 amide bonds. The van der Waals surface area contributed by atoms with Crippen LogP contribution in [0.25, 0.3) is 0 Å². The van der Waals surface area contributed by atoms with Crippen molar-refractivity contribution in [1.82, 2.24) is 9.62 Å². The lowest BCUT2D eigenvalue weighted by atomic mass is 10.1. The molecule has 1 aromatic carbocycles. The lowest BCUT2D eigenvalue weighted by Crippen LogP contribution is -2.32. The van der Waals surface area contributed by atoms with Crippen LogP contribution in [0.5, 0.6) is 0 Å². The molecule has 1 saturated heterocycles. The fraction of sp³-hybridized carbons (Fsp3) is 0.588. The van der Waals surface area contributed by atoms with Gasteiger partial charge in [0.2, 0.25) is 10.0 Å². The average molecular weight is 353 g/mol. The van der Waals surface area contributed by atoms with Crippen LogP contribution in [-0.4, -0.2) is 38.3 Å². The molecule has 0 saturated carbocycles. The highest BCUT2D eigenvalue weighted by Crippen LogP contribution is 2.21. The van der Waals surface area contributed by atoms with Gasteiger partial charge in [-0.05, 0) is 42.9 Å². The Morgan fingerprint density at radius 1 is 1.25 bits per heavy atom. The highest BCUT2D eigenvalue weighted by Gasteiger charge is 2.26. The third-order valence-electron chi connectivity index (χ3n) is 4.09. The summed E-state index contributed by atoms with van der Waals surface area (Å²) in [5, 5.41) is 3.08. The van der Waals surface area contributed by atoms with Gasteiger partial charge in [-0.15, -0.1) is 0 Å². The van der Waals surface area contributed by atoms with Gasteiger partial charge in [0.15, 0.2) is 5.96 Å². The van der Waals surface area contributed by atoms with E-state index in [4.69, 9.17) is 5.73 Å². The van der Waals surface area contributed by atoms with Gasteiger partial charge < -0.3 is 11.1 Å². The summed E-state index contributed by atoms with van der Waals surface area (Å²) in [6.45, 7) is 6.80. The molecule has 1 aliphatic rings. The molecule has 0 aromatic heterocycles. The monoisotopic (exact) mass is 352 g/mol. The van der Waals surface area contributed by atoms with Crippen molar-refractivity contribution in [2.24, 2.45) is 16.6 Å². The normalized spacial score (nSPS) is 16.7. The highest BCUT2D eigenvalue weighted by molar-refractivity contribution is 7.89. The summed E-state index contributed by atoms with van der Waals surface area (Å²) in [5.74, 6) is 1.04. The van der Waals surface area contributed by atoms with E-state index in [2.05, 4.69) is 24.2 Å². The van der Waals surface area contributed by atoms with Crippen molar-refractivity contribution in [3.63, 3.8) is 0 Å². The first-order valence-corrected chi connectivity index (χ1v) is 9.96. The predicted molar refractivity (Wildman–Crippen MR) is 97.2 cm³/mol. The smallest absolute Gasteiger partial charge is 0.243 e. The van der Waals surface area contributed by atoms with Crippen LogP contribution in [-0.2, 0) is 16.6 Å². The molecule has 6 nitrogen and oxygen atoms in total. The van der Waals surface area contributed by atoms with Crippen molar-refractivity contribution in [1.29, 1.82) is 0 Å². The first-order chi connectivity index (χ1) is 11.4. The number of nitrogens with zero attached hydrogens (tertiary/aromatic N) is 2. The summed E-state index contributed by atoms with van der Waals surface area (Å²) in [4.78, 5) is 4.63. The molecule has 24 heavy (non-hydrogen) atoms. The van der Waals surface area contributed by atoms with Crippen LogP contribution >= 0.6 is 0 Å². The topological polar surface area (TPSA) is 87.8 Å². The molecule has 3 N–H and O–H groups in total. The second kappa shape index (κ2) is 8.48. The van der Waals surface area contributed by atoms with Crippen molar-refractivity contribution in [3.8, 4) is 0 Å². The van der Waals surface area contributed by atoms with Crippen molar-refractivity contribution in [3.05, 3.63) is 29.8 Å². The quantitative estimate of drug-likeness (QED) is 0.580. The van der Waals surface area contributed by atoms with Crippen LogP contribution in [0.4, 0.5) is 0 Å². The summed E-state index contributed by atoms with van der Waals surface area (Å²) in [6, 6.07) is 6.91. The number of nitrogens with one attached hydrogen (secondary N) is 1. The fourth-order valence-electron chi connectivity index (χ4n) is 2.57. The van der Waals surface area contributed by atoms with E-state index < -0.39 is 10.0 Å². The van der Waals surface area contributed by atoms with Crippen LogP contribution < -0.4 is 11.1 Å². The van der Waals surface area contributed by atoms with Gasteiger partial charge in [0.05, 0.1) is 11.4 Å². The standard InChI is InChI=1S/C17H28N4O2S/c1-14(2)9-10-19-17(18)20-13-15-5-7-16(8-6-15)24(22,23)21-11-3-4-12-21/h5-8,14H,3-4,9-13H2,1-2H3,(H3,18,19,20). The van der Waals surface area contributed by atoms with Crippen LogP contribution in [0.1, 0.15) is 38.7 Å². The summed E-state index contributed by atoms with van der Waals surface area (Å²) in [7, 11) is -3.35. The lowest BCUT2D eigenvalue weighted by molar-refractivity contribution is 0.477. The summed E-state index contributed by atoms with van der Waals surface area (Å²) >= 11 is 0. The molecule has 134 valence electrons. The molecule has 1 fully saturated rings. The van der Waals surface area contributed by atoms with E-state index in [-0.39, 0.29) is 0 Å². The number of sulfonamides is 1.